The highest BCUT2D eigenvalue weighted by Crippen LogP contribution is 2.33. The van der Waals surface area contributed by atoms with E-state index in [2.05, 4.69) is 4.98 Å². The highest BCUT2D eigenvalue weighted by molar-refractivity contribution is 7.16. The Balaban J connectivity index is 1.42. The number of amides is 1. The first-order chi connectivity index (χ1) is 11.7. The van der Waals surface area contributed by atoms with Crippen molar-refractivity contribution in [2.45, 2.75) is 18.9 Å². The van der Waals surface area contributed by atoms with Crippen molar-refractivity contribution in [3.05, 3.63) is 51.7 Å². The molecule has 1 aromatic carbocycles. The third kappa shape index (κ3) is 2.97. The first kappa shape index (κ1) is 15.7. The predicted molar refractivity (Wildman–Crippen MR) is 97.5 cm³/mol. The summed E-state index contributed by atoms with van der Waals surface area (Å²) in [6.45, 7) is 1.40. The fourth-order valence-corrected chi connectivity index (χ4v) is 4.80. The van der Waals surface area contributed by atoms with Gasteiger partial charge in [0.25, 0.3) is 5.91 Å². The number of thiophene rings is 1. The Morgan fingerprint density at radius 1 is 1.25 bits per heavy atom. The number of benzene rings is 1. The maximum Gasteiger partial charge on any atom is 0.253 e. The molecular formula is C18H18N2O2S2. The number of aliphatic hydroxyl groups is 1. The quantitative estimate of drug-likeness (QED) is 0.771. The lowest BCUT2D eigenvalue weighted by Gasteiger charge is -2.34. The molecule has 3 heterocycles. The van der Waals surface area contributed by atoms with E-state index in [1.807, 2.05) is 40.6 Å². The largest absolute Gasteiger partial charge is 0.387 e. The Labute approximate surface area is 148 Å². The summed E-state index contributed by atoms with van der Waals surface area (Å²) in [5.74, 6) is 0.311. The van der Waals surface area contributed by atoms with Crippen LogP contribution in [0.3, 0.4) is 0 Å². The molecule has 1 aliphatic rings. The van der Waals surface area contributed by atoms with Gasteiger partial charge in [0, 0.05) is 23.5 Å². The summed E-state index contributed by atoms with van der Waals surface area (Å²) < 4.78 is 1.05. The van der Waals surface area contributed by atoms with Gasteiger partial charge in [0.15, 0.2) is 0 Å². The SMILES string of the molecule is O=C(c1ccc2ncsc2c1)N1CCC(C(O)c2cccs2)CC1. The molecule has 1 unspecified atom stereocenters. The zero-order valence-electron chi connectivity index (χ0n) is 13.1. The van der Waals surface area contributed by atoms with E-state index in [4.69, 9.17) is 0 Å². The van der Waals surface area contributed by atoms with Crippen molar-refractivity contribution in [2.75, 3.05) is 13.1 Å². The van der Waals surface area contributed by atoms with E-state index in [-0.39, 0.29) is 11.8 Å². The number of hydrogen-bond acceptors (Lipinski definition) is 5. The van der Waals surface area contributed by atoms with Crippen LogP contribution in [0.25, 0.3) is 10.2 Å². The molecule has 1 aliphatic heterocycles. The Morgan fingerprint density at radius 2 is 2.08 bits per heavy atom. The summed E-state index contributed by atoms with van der Waals surface area (Å²) in [7, 11) is 0. The van der Waals surface area contributed by atoms with Gasteiger partial charge in [-0.05, 0) is 48.4 Å². The normalized spacial score (nSPS) is 17.3. The molecule has 0 radical (unpaired) electrons. The minimum atomic E-state index is -0.407. The molecule has 1 saturated heterocycles. The molecule has 1 atom stereocenters. The number of aliphatic hydroxyl groups excluding tert-OH is 1. The first-order valence-corrected chi connectivity index (χ1v) is 9.82. The lowest BCUT2D eigenvalue weighted by molar-refractivity contribution is 0.0474. The van der Waals surface area contributed by atoms with Crippen LogP contribution in [-0.4, -0.2) is 34.0 Å². The molecule has 0 spiro atoms. The lowest BCUT2D eigenvalue weighted by Crippen LogP contribution is -2.39. The van der Waals surface area contributed by atoms with E-state index in [9.17, 15) is 9.90 Å². The van der Waals surface area contributed by atoms with E-state index < -0.39 is 6.10 Å². The average molecular weight is 358 g/mol. The summed E-state index contributed by atoms with van der Waals surface area (Å²) in [4.78, 5) is 19.9. The number of rotatable bonds is 3. The molecule has 4 nitrogen and oxygen atoms in total. The maximum absolute atomic E-state index is 12.7. The topological polar surface area (TPSA) is 53.4 Å². The highest BCUT2D eigenvalue weighted by atomic mass is 32.1. The summed E-state index contributed by atoms with van der Waals surface area (Å²) in [5, 5.41) is 12.5. The molecule has 0 aliphatic carbocycles. The summed E-state index contributed by atoms with van der Waals surface area (Å²) in [6, 6.07) is 9.65. The molecule has 3 aromatic rings. The van der Waals surface area contributed by atoms with E-state index >= 15 is 0 Å². The highest BCUT2D eigenvalue weighted by Gasteiger charge is 2.29. The van der Waals surface area contributed by atoms with Crippen LogP contribution in [0.1, 0.15) is 34.2 Å². The fourth-order valence-electron chi connectivity index (χ4n) is 3.28. The van der Waals surface area contributed by atoms with Crippen molar-refractivity contribution in [1.82, 2.24) is 9.88 Å². The van der Waals surface area contributed by atoms with Gasteiger partial charge < -0.3 is 10.0 Å². The van der Waals surface area contributed by atoms with Crippen LogP contribution in [-0.2, 0) is 0 Å². The van der Waals surface area contributed by atoms with Gasteiger partial charge in [0.1, 0.15) is 0 Å². The molecular weight excluding hydrogens is 340 g/mol. The number of piperidine rings is 1. The van der Waals surface area contributed by atoms with E-state index in [1.54, 1.807) is 28.2 Å². The standard InChI is InChI=1S/C18H18N2O2S2/c21-17(15-2-1-9-23-15)12-5-7-20(8-6-12)18(22)13-3-4-14-16(10-13)24-11-19-14/h1-4,9-12,17,21H,5-8H2. The lowest BCUT2D eigenvalue weighted by atomic mass is 9.90. The second-order valence-electron chi connectivity index (χ2n) is 6.12. The van der Waals surface area contributed by atoms with Crippen LogP contribution in [0, 0.1) is 5.92 Å². The third-order valence-electron chi connectivity index (χ3n) is 4.69. The summed E-state index contributed by atoms with van der Waals surface area (Å²) in [6.07, 6.45) is 1.28. The van der Waals surface area contributed by atoms with Crippen molar-refractivity contribution in [3.63, 3.8) is 0 Å². The van der Waals surface area contributed by atoms with Crippen LogP contribution >= 0.6 is 22.7 Å². The number of likely N-dealkylation sites (tertiary alicyclic amines) is 1. The van der Waals surface area contributed by atoms with Crippen LogP contribution in [0.4, 0.5) is 0 Å². The fraction of sp³-hybridized carbons (Fsp3) is 0.333. The van der Waals surface area contributed by atoms with Crippen LogP contribution in [0.5, 0.6) is 0 Å². The number of carbonyl (C=O) groups excluding carboxylic acids is 1. The molecule has 24 heavy (non-hydrogen) atoms. The molecule has 6 heteroatoms. The molecule has 1 N–H and O–H groups in total. The number of thiazole rings is 1. The maximum atomic E-state index is 12.7. The second kappa shape index (κ2) is 6.63. The molecule has 1 amide bonds. The van der Waals surface area contributed by atoms with Gasteiger partial charge in [-0.1, -0.05) is 6.07 Å². The van der Waals surface area contributed by atoms with Gasteiger partial charge >= 0.3 is 0 Å². The third-order valence-corrected chi connectivity index (χ3v) is 6.42. The van der Waals surface area contributed by atoms with Gasteiger partial charge in [-0.15, -0.1) is 22.7 Å². The van der Waals surface area contributed by atoms with E-state index in [0.717, 1.165) is 33.5 Å². The van der Waals surface area contributed by atoms with Gasteiger partial charge in [-0.25, -0.2) is 4.98 Å². The molecule has 0 saturated carbocycles. The van der Waals surface area contributed by atoms with Gasteiger partial charge in [-0.2, -0.15) is 0 Å². The van der Waals surface area contributed by atoms with Crippen LogP contribution in [0.2, 0.25) is 0 Å². The van der Waals surface area contributed by atoms with Gasteiger partial charge in [-0.3, -0.25) is 4.79 Å². The number of hydrogen-bond donors (Lipinski definition) is 1. The summed E-state index contributed by atoms with van der Waals surface area (Å²) in [5.41, 5.74) is 3.47. The minimum Gasteiger partial charge on any atom is -0.387 e. The predicted octanol–water partition coefficient (Wildman–Crippen LogP) is 3.94. The Bertz CT molecular complexity index is 836. The monoisotopic (exact) mass is 358 g/mol. The summed E-state index contributed by atoms with van der Waals surface area (Å²) >= 11 is 3.15. The van der Waals surface area contributed by atoms with Gasteiger partial charge in [0.05, 0.1) is 21.8 Å². The Kier molecular flexibility index (Phi) is 4.35. The van der Waals surface area contributed by atoms with Gasteiger partial charge in [0.2, 0.25) is 0 Å². The molecule has 1 fully saturated rings. The van der Waals surface area contributed by atoms with Crippen molar-refractivity contribution in [3.8, 4) is 0 Å². The van der Waals surface area contributed by atoms with E-state index in [1.165, 1.54) is 0 Å². The zero-order chi connectivity index (χ0) is 16.5. The smallest absolute Gasteiger partial charge is 0.253 e. The molecule has 2 aromatic heterocycles. The number of carbonyl (C=O) groups is 1. The van der Waals surface area contributed by atoms with Crippen LogP contribution in [0.15, 0.2) is 41.2 Å². The van der Waals surface area contributed by atoms with Crippen molar-refractivity contribution >= 4 is 38.8 Å². The molecule has 0 bridgehead atoms. The van der Waals surface area contributed by atoms with Crippen molar-refractivity contribution < 1.29 is 9.90 Å². The number of nitrogens with zero attached hydrogens (tertiary/aromatic N) is 2. The van der Waals surface area contributed by atoms with Crippen molar-refractivity contribution in [1.29, 1.82) is 0 Å². The molecule has 124 valence electrons. The second-order valence-corrected chi connectivity index (χ2v) is 7.99. The number of aromatic nitrogens is 1. The van der Waals surface area contributed by atoms with E-state index in [0.29, 0.717) is 13.1 Å². The van der Waals surface area contributed by atoms with Crippen molar-refractivity contribution in [2.24, 2.45) is 5.92 Å². The Morgan fingerprint density at radius 3 is 2.83 bits per heavy atom. The average Bonchev–Trinajstić information content (AvgIpc) is 3.31. The first-order valence-electron chi connectivity index (χ1n) is 8.06. The zero-order valence-corrected chi connectivity index (χ0v) is 14.7. The number of fused-ring (bicyclic) bond motifs is 1. The molecule has 4 rings (SSSR count). The van der Waals surface area contributed by atoms with Crippen LogP contribution < -0.4 is 0 Å². The Hall–Kier alpha value is -1.76. The minimum absolute atomic E-state index is 0.0781.